The second-order valence-corrected chi connectivity index (χ2v) is 1.65. The van der Waals surface area contributed by atoms with Crippen LogP contribution in [0.5, 0.6) is 0 Å². The molecule has 0 aliphatic rings. The van der Waals surface area contributed by atoms with Crippen molar-refractivity contribution in [3.8, 4) is 0 Å². The van der Waals surface area contributed by atoms with E-state index in [9.17, 15) is 0 Å². The van der Waals surface area contributed by atoms with E-state index in [0.717, 1.165) is 0 Å². The van der Waals surface area contributed by atoms with Gasteiger partial charge in [-0.1, -0.05) is 35.9 Å². The van der Waals surface area contributed by atoms with Crippen molar-refractivity contribution < 1.29 is 26.2 Å². The van der Waals surface area contributed by atoms with E-state index in [0.29, 0.717) is 0 Å². The Kier molecular flexibility index (Phi) is 16.4. The molecular formula is C7H10Cl2Zr. The van der Waals surface area contributed by atoms with Gasteiger partial charge in [-0.15, -0.1) is 24.8 Å². The summed E-state index contributed by atoms with van der Waals surface area (Å²) < 4.78 is 0. The van der Waals surface area contributed by atoms with Gasteiger partial charge >= 0.3 is 0 Å². The second kappa shape index (κ2) is 9.68. The quantitative estimate of drug-likeness (QED) is 0.669. The second-order valence-electron chi connectivity index (χ2n) is 1.65. The van der Waals surface area contributed by atoms with Gasteiger partial charge in [-0.25, -0.2) is 0 Å². The van der Waals surface area contributed by atoms with E-state index in [2.05, 4.69) is 19.1 Å². The summed E-state index contributed by atoms with van der Waals surface area (Å²) in [7, 11) is 0. The van der Waals surface area contributed by atoms with E-state index < -0.39 is 0 Å². The van der Waals surface area contributed by atoms with E-state index in [1.807, 2.05) is 18.2 Å². The minimum absolute atomic E-state index is 0. The average Bonchev–Trinajstić information content (AvgIpc) is 1.69. The molecule has 1 rings (SSSR count). The topological polar surface area (TPSA) is 0 Å². The Bertz CT molecular complexity index is 142. The van der Waals surface area contributed by atoms with Crippen molar-refractivity contribution in [1.29, 1.82) is 0 Å². The van der Waals surface area contributed by atoms with Crippen LogP contribution in [-0.2, 0) is 26.2 Å². The zero-order valence-corrected chi connectivity index (χ0v) is 9.79. The van der Waals surface area contributed by atoms with Crippen molar-refractivity contribution in [1.82, 2.24) is 0 Å². The Morgan fingerprint density at radius 1 is 0.900 bits per heavy atom. The van der Waals surface area contributed by atoms with Crippen LogP contribution in [0.15, 0.2) is 30.3 Å². The molecule has 56 valence electrons. The monoisotopic (exact) mass is 254 g/mol. The Balaban J connectivity index is -0.000000163. The third-order valence-electron chi connectivity index (χ3n) is 0.940. The van der Waals surface area contributed by atoms with Crippen molar-refractivity contribution in [3.63, 3.8) is 0 Å². The fourth-order valence-electron chi connectivity index (χ4n) is 0.534. The molecule has 1 aromatic carbocycles. The van der Waals surface area contributed by atoms with Crippen LogP contribution in [-0.4, -0.2) is 0 Å². The fraction of sp³-hybridized carbons (Fsp3) is 0.143. The van der Waals surface area contributed by atoms with Gasteiger partial charge in [0.2, 0.25) is 0 Å². The molecule has 0 saturated heterocycles. The molecule has 0 heterocycles. The summed E-state index contributed by atoms with van der Waals surface area (Å²) in [6.45, 7) is 2.08. The first-order valence-corrected chi connectivity index (χ1v) is 2.41. The van der Waals surface area contributed by atoms with E-state index in [-0.39, 0.29) is 51.0 Å². The molecule has 1 aromatic rings. The Morgan fingerprint density at radius 3 is 1.50 bits per heavy atom. The van der Waals surface area contributed by atoms with E-state index in [1.54, 1.807) is 0 Å². The largest absolute Gasteiger partial charge is 0.147 e. The fourth-order valence-corrected chi connectivity index (χ4v) is 0.534. The van der Waals surface area contributed by atoms with E-state index in [1.165, 1.54) is 5.56 Å². The Labute approximate surface area is 93.4 Å². The zero-order valence-electron chi connectivity index (χ0n) is 5.70. The van der Waals surface area contributed by atoms with Gasteiger partial charge in [0.1, 0.15) is 0 Å². The van der Waals surface area contributed by atoms with Gasteiger partial charge in [0.05, 0.1) is 0 Å². The van der Waals surface area contributed by atoms with Crippen LogP contribution in [0.25, 0.3) is 0 Å². The maximum Gasteiger partial charge on any atom is 0 e. The first kappa shape index (κ1) is 17.0. The van der Waals surface area contributed by atoms with Crippen molar-refractivity contribution in [2.24, 2.45) is 0 Å². The third-order valence-corrected chi connectivity index (χ3v) is 0.940. The molecule has 0 aromatic heterocycles. The molecular weight excluding hydrogens is 246 g/mol. The van der Waals surface area contributed by atoms with Crippen LogP contribution in [0.3, 0.4) is 0 Å². The molecule has 0 N–H and O–H groups in total. The maximum atomic E-state index is 2.08. The molecule has 0 amide bonds. The van der Waals surface area contributed by atoms with Crippen molar-refractivity contribution in [2.45, 2.75) is 6.92 Å². The summed E-state index contributed by atoms with van der Waals surface area (Å²) in [5.41, 5.74) is 1.32. The molecule has 0 radical (unpaired) electrons. The van der Waals surface area contributed by atoms with Gasteiger partial charge in [-0.05, 0) is 6.92 Å². The van der Waals surface area contributed by atoms with Crippen molar-refractivity contribution in [3.05, 3.63) is 35.9 Å². The summed E-state index contributed by atoms with van der Waals surface area (Å²) in [5.74, 6) is 0. The zero-order chi connectivity index (χ0) is 5.11. The van der Waals surface area contributed by atoms with Crippen LogP contribution in [0, 0.1) is 6.92 Å². The number of halogens is 2. The van der Waals surface area contributed by atoms with Crippen molar-refractivity contribution >= 4 is 24.8 Å². The molecule has 0 nitrogen and oxygen atoms in total. The molecule has 0 unspecified atom stereocenters. The van der Waals surface area contributed by atoms with Crippen LogP contribution in [0.1, 0.15) is 5.56 Å². The third kappa shape index (κ3) is 6.80. The predicted molar refractivity (Wildman–Crippen MR) is 45.7 cm³/mol. The predicted octanol–water partition coefficient (Wildman–Crippen LogP) is 2.84. The van der Waals surface area contributed by atoms with E-state index >= 15 is 0 Å². The van der Waals surface area contributed by atoms with Gasteiger partial charge in [-0.3, -0.25) is 0 Å². The molecule has 0 bridgehead atoms. The van der Waals surface area contributed by atoms with Gasteiger partial charge < -0.3 is 0 Å². The smallest absolute Gasteiger partial charge is 0 e. The average molecular weight is 256 g/mol. The maximum absolute atomic E-state index is 2.08. The van der Waals surface area contributed by atoms with Crippen LogP contribution in [0.4, 0.5) is 0 Å². The van der Waals surface area contributed by atoms with E-state index in [4.69, 9.17) is 0 Å². The number of benzene rings is 1. The molecule has 3 heteroatoms. The Morgan fingerprint density at radius 2 is 1.30 bits per heavy atom. The first-order chi connectivity index (χ1) is 3.39. The summed E-state index contributed by atoms with van der Waals surface area (Å²) in [6, 6.07) is 10.3. The normalized spacial score (nSPS) is 6.10. The summed E-state index contributed by atoms with van der Waals surface area (Å²) in [5, 5.41) is 0. The van der Waals surface area contributed by atoms with Crippen LogP contribution in [0.2, 0.25) is 0 Å². The molecule has 0 spiro atoms. The van der Waals surface area contributed by atoms with Gasteiger partial charge in [-0.2, -0.15) is 0 Å². The van der Waals surface area contributed by atoms with Gasteiger partial charge in [0.15, 0.2) is 0 Å². The number of hydrogen-bond donors (Lipinski definition) is 0. The molecule has 0 saturated carbocycles. The summed E-state index contributed by atoms with van der Waals surface area (Å²) in [4.78, 5) is 0. The standard InChI is InChI=1S/C7H8.2ClH.Zr/c1-7-5-3-2-4-6-7;;;/h2-6H,1H3;2*1H;. The minimum atomic E-state index is 0. The van der Waals surface area contributed by atoms with Crippen LogP contribution < -0.4 is 0 Å². The van der Waals surface area contributed by atoms with Crippen LogP contribution >= 0.6 is 24.8 Å². The molecule has 10 heavy (non-hydrogen) atoms. The number of rotatable bonds is 0. The first-order valence-electron chi connectivity index (χ1n) is 2.41. The number of aryl methyl sites for hydroxylation is 1. The SMILES string of the molecule is Cc1ccccc1.Cl.Cl.[Zr]. The number of hydrogen-bond acceptors (Lipinski definition) is 0. The summed E-state index contributed by atoms with van der Waals surface area (Å²) in [6.07, 6.45) is 0. The molecule has 0 atom stereocenters. The Hall–Kier alpha value is 0.683. The molecule has 0 aliphatic heterocycles. The minimum Gasteiger partial charge on any atom is -0.147 e. The molecule has 0 aliphatic carbocycles. The van der Waals surface area contributed by atoms with Gasteiger partial charge in [0.25, 0.3) is 0 Å². The molecule has 0 fully saturated rings. The van der Waals surface area contributed by atoms with Crippen molar-refractivity contribution in [2.75, 3.05) is 0 Å². The summed E-state index contributed by atoms with van der Waals surface area (Å²) >= 11 is 0. The van der Waals surface area contributed by atoms with Gasteiger partial charge in [0, 0.05) is 26.2 Å².